The maximum atomic E-state index is 11.5. The molecule has 0 aliphatic rings. The van der Waals surface area contributed by atoms with Crippen molar-refractivity contribution in [1.29, 1.82) is 0 Å². The molecule has 6 nitrogen and oxygen atoms in total. The summed E-state index contributed by atoms with van der Waals surface area (Å²) in [5.74, 6) is -2.77. The first-order chi connectivity index (χ1) is 21.3. The van der Waals surface area contributed by atoms with Gasteiger partial charge in [0.05, 0.1) is 2.74 Å². The van der Waals surface area contributed by atoms with Gasteiger partial charge in [-0.3, -0.25) is 0 Å². The Balaban J connectivity index is 1.67. The molecule has 0 aliphatic heterocycles. The number of carbonyl (C=O) groups is 2. The number of ether oxygens (including phenoxy) is 2. The van der Waals surface area contributed by atoms with Crippen molar-refractivity contribution in [2.45, 2.75) is 0 Å². The summed E-state index contributed by atoms with van der Waals surface area (Å²) >= 11 is 0. The van der Waals surface area contributed by atoms with E-state index in [4.69, 9.17) is 10.8 Å². The maximum absolute atomic E-state index is 11.5. The fraction of sp³-hybridized carbons (Fsp3) is 0.0556. The van der Waals surface area contributed by atoms with Gasteiger partial charge in [-0.25, -0.2) is 9.59 Å². The van der Waals surface area contributed by atoms with Crippen LogP contribution in [0.25, 0.3) is 54.9 Å². The second kappa shape index (κ2) is 11.5. The lowest BCUT2D eigenvalue weighted by atomic mass is 9.90. The Morgan fingerprint density at radius 3 is 1.83 bits per heavy atom. The molecular weight excluding hydrogens is 528 g/mol. The lowest BCUT2D eigenvalue weighted by molar-refractivity contribution is -0.140. The third-order valence-electron chi connectivity index (χ3n) is 6.93. The molecule has 0 fully saturated rings. The topological polar surface area (TPSA) is 93.1 Å². The minimum atomic E-state index is -1.27. The third-order valence-corrected chi connectivity index (χ3v) is 6.93. The SMILES string of the molecule is [2H]c1ccc2cc(-c3ccccc3)ccc2c1-c1c([2H])c(OCC(=O)O)c(OCC(=O)O)c2cc(-c3ccccc3)ccc12. The maximum Gasteiger partial charge on any atom is 0.341 e. The van der Waals surface area contributed by atoms with Crippen molar-refractivity contribution in [3.63, 3.8) is 0 Å². The van der Waals surface area contributed by atoms with Crippen molar-refractivity contribution in [2.75, 3.05) is 13.2 Å². The molecule has 0 amide bonds. The Morgan fingerprint density at radius 1 is 0.595 bits per heavy atom. The van der Waals surface area contributed by atoms with Crippen molar-refractivity contribution < 1.29 is 32.0 Å². The van der Waals surface area contributed by atoms with Gasteiger partial charge in [0, 0.05) is 5.39 Å². The van der Waals surface area contributed by atoms with E-state index < -0.39 is 25.2 Å². The summed E-state index contributed by atoms with van der Waals surface area (Å²) in [7, 11) is 0. The zero-order valence-electron chi connectivity index (χ0n) is 24.3. The normalized spacial score (nSPS) is 11.6. The van der Waals surface area contributed by atoms with Gasteiger partial charge < -0.3 is 19.7 Å². The van der Waals surface area contributed by atoms with Crippen molar-refractivity contribution >= 4 is 33.5 Å². The van der Waals surface area contributed by atoms with Crippen LogP contribution in [0.3, 0.4) is 0 Å². The predicted molar refractivity (Wildman–Crippen MR) is 164 cm³/mol. The summed E-state index contributed by atoms with van der Waals surface area (Å²) in [6, 6.07) is 34.4. The molecule has 6 aromatic rings. The van der Waals surface area contributed by atoms with Gasteiger partial charge in [-0.05, 0) is 67.7 Å². The molecule has 0 saturated carbocycles. The highest BCUT2D eigenvalue weighted by Gasteiger charge is 2.20. The van der Waals surface area contributed by atoms with Crippen molar-refractivity contribution in [2.24, 2.45) is 0 Å². The Morgan fingerprint density at radius 2 is 1.19 bits per heavy atom. The van der Waals surface area contributed by atoms with Crippen LogP contribution >= 0.6 is 0 Å². The number of carboxylic acids is 2. The van der Waals surface area contributed by atoms with Gasteiger partial charge in [-0.15, -0.1) is 0 Å². The Labute approximate surface area is 244 Å². The monoisotopic (exact) mass is 556 g/mol. The first-order valence-electron chi connectivity index (χ1n) is 14.3. The van der Waals surface area contributed by atoms with Gasteiger partial charge >= 0.3 is 11.9 Å². The van der Waals surface area contributed by atoms with E-state index in [0.29, 0.717) is 21.9 Å². The standard InChI is InChI=1S/C36H26O6/c37-34(38)21-41-33-20-31(29-13-7-12-27-18-25(14-16-28(27)29)23-8-3-1-4-9-23)30-17-15-26(24-10-5-2-6-11-24)19-32(30)36(33)42-22-35(39)40/h1-20H,21-22H2,(H,37,38)(H,39,40)/i13D,20D. The van der Waals surface area contributed by atoms with E-state index >= 15 is 0 Å². The van der Waals surface area contributed by atoms with E-state index in [1.54, 1.807) is 12.1 Å². The number of benzene rings is 6. The van der Waals surface area contributed by atoms with Gasteiger partial charge in [0.15, 0.2) is 24.7 Å². The fourth-order valence-electron chi connectivity index (χ4n) is 5.07. The summed E-state index contributed by atoms with van der Waals surface area (Å²) in [4.78, 5) is 23.1. The van der Waals surface area contributed by atoms with Crippen LogP contribution in [0, 0.1) is 0 Å². The quantitative estimate of drug-likeness (QED) is 0.188. The number of hydrogen-bond donors (Lipinski definition) is 2. The molecule has 0 bridgehead atoms. The molecule has 42 heavy (non-hydrogen) atoms. The Bertz CT molecular complexity index is 2040. The number of fused-ring (bicyclic) bond motifs is 2. The van der Waals surface area contributed by atoms with Crippen LogP contribution < -0.4 is 9.47 Å². The van der Waals surface area contributed by atoms with Gasteiger partial charge in [0.1, 0.15) is 0 Å². The van der Waals surface area contributed by atoms with Gasteiger partial charge in [-0.2, -0.15) is 0 Å². The summed E-state index contributed by atoms with van der Waals surface area (Å²) in [6.45, 7) is -1.50. The fourth-order valence-corrected chi connectivity index (χ4v) is 5.07. The Hall–Kier alpha value is -5.62. The molecule has 0 aliphatic carbocycles. The number of hydrogen-bond acceptors (Lipinski definition) is 4. The molecule has 6 aromatic carbocycles. The molecule has 0 atom stereocenters. The molecular formula is C36H26O6. The average molecular weight is 557 g/mol. The van der Waals surface area contributed by atoms with Gasteiger partial charge in [-0.1, -0.05) is 103 Å². The lowest BCUT2D eigenvalue weighted by Gasteiger charge is -2.19. The molecule has 0 spiro atoms. The van der Waals surface area contributed by atoms with E-state index in [-0.39, 0.29) is 23.6 Å². The zero-order chi connectivity index (χ0) is 30.8. The first kappa shape index (κ1) is 24.2. The minimum Gasteiger partial charge on any atom is -0.479 e. The number of aliphatic carboxylic acids is 2. The van der Waals surface area contributed by atoms with Crippen molar-refractivity contribution in [3.8, 4) is 44.9 Å². The largest absolute Gasteiger partial charge is 0.479 e. The zero-order valence-corrected chi connectivity index (χ0v) is 22.3. The third kappa shape index (κ3) is 5.38. The van der Waals surface area contributed by atoms with Crippen LogP contribution in [0.5, 0.6) is 11.5 Å². The van der Waals surface area contributed by atoms with Crippen molar-refractivity contribution in [1.82, 2.24) is 0 Å². The van der Waals surface area contributed by atoms with Crippen LogP contribution in [0.1, 0.15) is 2.74 Å². The first-order valence-corrected chi connectivity index (χ1v) is 13.3. The summed E-state index contributed by atoms with van der Waals surface area (Å²) in [5.41, 5.74) is 4.54. The van der Waals surface area contributed by atoms with E-state index in [1.807, 2.05) is 97.1 Å². The summed E-state index contributed by atoms with van der Waals surface area (Å²) in [6.07, 6.45) is 0. The molecule has 0 unspecified atom stereocenters. The van der Waals surface area contributed by atoms with E-state index in [2.05, 4.69) is 0 Å². The van der Waals surface area contributed by atoms with Crippen molar-refractivity contribution in [3.05, 3.63) is 121 Å². The van der Waals surface area contributed by atoms with E-state index in [1.165, 1.54) is 0 Å². The molecule has 2 N–H and O–H groups in total. The molecule has 0 saturated heterocycles. The smallest absolute Gasteiger partial charge is 0.341 e. The highest BCUT2D eigenvalue weighted by atomic mass is 16.5. The van der Waals surface area contributed by atoms with Crippen LogP contribution in [-0.4, -0.2) is 35.4 Å². The van der Waals surface area contributed by atoms with Gasteiger partial charge in [0.2, 0.25) is 0 Å². The summed E-state index contributed by atoms with van der Waals surface area (Å²) in [5, 5.41) is 21.4. The van der Waals surface area contributed by atoms with Gasteiger partial charge in [0.25, 0.3) is 0 Å². The minimum absolute atomic E-state index is 0.0479. The second-order valence-electron chi connectivity index (χ2n) is 9.67. The number of rotatable bonds is 9. The Kier molecular flexibility index (Phi) is 6.61. The van der Waals surface area contributed by atoms with Crippen LogP contribution in [0.2, 0.25) is 0 Å². The van der Waals surface area contributed by atoms with Crippen LogP contribution in [0.4, 0.5) is 0 Å². The van der Waals surface area contributed by atoms with Crippen LogP contribution in [-0.2, 0) is 9.59 Å². The molecule has 6 rings (SSSR count). The highest BCUT2D eigenvalue weighted by Crippen LogP contribution is 2.45. The average Bonchev–Trinajstić information content (AvgIpc) is 3.04. The molecule has 0 radical (unpaired) electrons. The summed E-state index contributed by atoms with van der Waals surface area (Å²) < 4.78 is 29.6. The highest BCUT2D eigenvalue weighted by molar-refractivity contribution is 6.09. The lowest BCUT2D eigenvalue weighted by Crippen LogP contribution is -2.13. The molecule has 0 aromatic heterocycles. The number of carboxylic acid groups (broad SMARTS) is 2. The van der Waals surface area contributed by atoms with E-state index in [9.17, 15) is 21.2 Å². The van der Waals surface area contributed by atoms with E-state index in [0.717, 1.165) is 33.0 Å². The molecule has 0 heterocycles. The molecule has 206 valence electrons. The molecule has 6 heteroatoms. The predicted octanol–water partition coefficient (Wildman–Crippen LogP) is 7.92. The second-order valence-corrected chi connectivity index (χ2v) is 9.67. The van der Waals surface area contributed by atoms with Crippen LogP contribution in [0.15, 0.2) is 121 Å².